The number of unbranched alkanes of at least 4 members (excludes halogenated alkanes) is 2. The Hall–Kier alpha value is -2.43. The quantitative estimate of drug-likeness (QED) is 0.145. The minimum atomic E-state index is -1.87. The summed E-state index contributed by atoms with van der Waals surface area (Å²) in [5.74, 6) is -5.66. The molecule has 0 bridgehead atoms. The Balaban J connectivity index is 1.52. The molecule has 0 aromatic heterocycles. The van der Waals surface area contributed by atoms with Crippen LogP contribution in [0.2, 0.25) is 0 Å². The van der Waals surface area contributed by atoms with E-state index in [1.807, 2.05) is 6.08 Å². The van der Waals surface area contributed by atoms with Gasteiger partial charge in [0.2, 0.25) is 11.8 Å². The van der Waals surface area contributed by atoms with Crippen molar-refractivity contribution in [3.63, 3.8) is 0 Å². The molecule has 1 aromatic carbocycles. The molecule has 39 heavy (non-hydrogen) atoms. The number of aromatic hydroxyl groups is 1. The Labute approximate surface area is 243 Å². The lowest BCUT2D eigenvalue weighted by atomic mass is 9.56. The number of hydrogen-bond acceptors (Lipinski definition) is 6. The number of carboxylic acids is 1. The van der Waals surface area contributed by atoms with Gasteiger partial charge in [-0.3, -0.25) is 33.8 Å². The Morgan fingerprint density at radius 3 is 2.31 bits per heavy atom. The van der Waals surface area contributed by atoms with E-state index in [1.54, 1.807) is 12.1 Å². The van der Waals surface area contributed by atoms with Crippen molar-refractivity contribution in [3.05, 3.63) is 41.5 Å². The van der Waals surface area contributed by atoms with Crippen LogP contribution in [-0.4, -0.2) is 71.4 Å². The lowest BCUT2D eigenvalue weighted by Gasteiger charge is -2.50. The van der Waals surface area contributed by atoms with Crippen molar-refractivity contribution in [1.29, 1.82) is 0 Å². The van der Waals surface area contributed by atoms with E-state index >= 15 is 0 Å². The summed E-state index contributed by atoms with van der Waals surface area (Å²) in [7, 11) is 0. The maximum Gasteiger partial charge on any atom is 0.303 e. The van der Waals surface area contributed by atoms with Gasteiger partial charge in [0.05, 0.1) is 17.3 Å². The number of benzene rings is 1. The van der Waals surface area contributed by atoms with Gasteiger partial charge in [0.1, 0.15) is 5.75 Å². The SMILES string of the molecule is O=C(O)CCCCCN1C(=O)[C@H]2[C@H](CC=C3[C@H]2C[C@@]2(Cl)C(=O)N(CBr)C(=O)[C@@]2(Cl)[C@H]3c2ccc(O)cc2)C1=O. The molecule has 1 aromatic rings. The van der Waals surface area contributed by atoms with Crippen molar-refractivity contribution >= 4 is 68.7 Å². The molecule has 6 atom stereocenters. The van der Waals surface area contributed by atoms with Gasteiger partial charge in [-0.25, -0.2) is 0 Å². The first kappa shape index (κ1) is 28.1. The molecule has 2 aliphatic heterocycles. The van der Waals surface area contributed by atoms with E-state index in [0.717, 1.165) is 4.90 Å². The summed E-state index contributed by atoms with van der Waals surface area (Å²) < 4.78 is 0. The number of imide groups is 2. The highest BCUT2D eigenvalue weighted by Gasteiger charge is 2.76. The maximum absolute atomic E-state index is 13.7. The number of nitrogens with zero attached hydrogens (tertiary/aromatic N) is 2. The lowest BCUT2D eigenvalue weighted by molar-refractivity contribution is -0.141. The number of likely N-dealkylation sites (tertiary alicyclic amines) is 2. The number of phenols is 1. The predicted octanol–water partition coefficient (Wildman–Crippen LogP) is 3.75. The Kier molecular flexibility index (Phi) is 7.35. The summed E-state index contributed by atoms with van der Waals surface area (Å²) in [5.41, 5.74) is 1.15. The van der Waals surface area contributed by atoms with Crippen LogP contribution in [0.15, 0.2) is 35.9 Å². The third-order valence-corrected chi connectivity index (χ3v) is 10.5. The molecule has 2 aliphatic carbocycles. The second-order valence-electron chi connectivity index (χ2n) is 10.6. The number of carbonyl (C=O) groups is 5. The molecular formula is C27H27BrCl2N2O7. The highest BCUT2D eigenvalue weighted by Crippen LogP contribution is 2.65. The van der Waals surface area contributed by atoms with Gasteiger partial charge in [-0.2, -0.15) is 0 Å². The normalized spacial score (nSPS) is 33.7. The van der Waals surface area contributed by atoms with Gasteiger partial charge >= 0.3 is 5.97 Å². The first-order valence-electron chi connectivity index (χ1n) is 12.8. The van der Waals surface area contributed by atoms with Gasteiger partial charge in [0.15, 0.2) is 9.75 Å². The number of hydrogen-bond donors (Lipinski definition) is 2. The molecule has 1 saturated carbocycles. The number of carboxylic acid groups (broad SMARTS) is 1. The maximum atomic E-state index is 13.7. The zero-order valence-electron chi connectivity index (χ0n) is 20.8. The van der Waals surface area contributed by atoms with E-state index in [2.05, 4.69) is 15.9 Å². The van der Waals surface area contributed by atoms with Crippen molar-refractivity contribution in [2.24, 2.45) is 17.8 Å². The number of amides is 4. The van der Waals surface area contributed by atoms with Crippen LogP contribution < -0.4 is 0 Å². The molecule has 208 valence electrons. The van der Waals surface area contributed by atoms with E-state index in [0.29, 0.717) is 30.4 Å². The van der Waals surface area contributed by atoms with Crippen LogP contribution >= 0.6 is 39.1 Å². The molecule has 3 fully saturated rings. The van der Waals surface area contributed by atoms with Crippen LogP contribution in [-0.2, 0) is 24.0 Å². The third kappa shape index (κ3) is 4.13. The topological polar surface area (TPSA) is 132 Å². The fourth-order valence-corrected chi connectivity index (χ4v) is 8.23. The van der Waals surface area contributed by atoms with Gasteiger partial charge < -0.3 is 10.2 Å². The summed E-state index contributed by atoms with van der Waals surface area (Å²) in [5, 5.41) is 18.7. The highest BCUT2D eigenvalue weighted by atomic mass is 79.9. The lowest BCUT2D eigenvalue weighted by Crippen LogP contribution is -2.60. The van der Waals surface area contributed by atoms with E-state index in [9.17, 15) is 29.1 Å². The largest absolute Gasteiger partial charge is 0.508 e. The first-order valence-corrected chi connectivity index (χ1v) is 14.7. The summed E-state index contributed by atoms with van der Waals surface area (Å²) in [6.07, 6.45) is 3.58. The highest BCUT2D eigenvalue weighted by molar-refractivity contribution is 9.09. The zero-order chi connectivity index (χ0) is 28.3. The van der Waals surface area contributed by atoms with Crippen molar-refractivity contribution in [3.8, 4) is 5.75 Å². The van der Waals surface area contributed by atoms with E-state index < -0.39 is 51.2 Å². The number of rotatable bonds is 8. The first-order chi connectivity index (χ1) is 18.5. The summed E-state index contributed by atoms with van der Waals surface area (Å²) in [4.78, 5) is 63.5. The summed E-state index contributed by atoms with van der Waals surface area (Å²) >= 11 is 17.5. The number of aliphatic carboxylic acids is 1. The standard InChI is InChI=1S/C27H27BrCl2N2O7/c28-13-32-24(38)26(29)12-18-16(21(27(26,30)25(32)39)14-5-7-15(33)8-6-14)9-10-17-20(18)23(37)31(22(17)36)11-3-1-2-4-19(34)35/h5-9,17-18,20-21,33H,1-4,10-13H2,(H,34,35)/t17-,18+,20-,21-,26+,27-/m0/s1. The van der Waals surface area contributed by atoms with E-state index in [1.165, 1.54) is 17.0 Å². The van der Waals surface area contributed by atoms with Crippen LogP contribution in [0, 0.1) is 17.8 Å². The molecule has 2 heterocycles. The molecule has 2 N–H and O–H groups in total. The van der Waals surface area contributed by atoms with Crippen LogP contribution in [0.5, 0.6) is 5.75 Å². The van der Waals surface area contributed by atoms with Gasteiger partial charge in [-0.1, -0.05) is 46.1 Å². The van der Waals surface area contributed by atoms with E-state index in [-0.39, 0.29) is 48.8 Å². The smallest absolute Gasteiger partial charge is 0.303 e. The second kappa shape index (κ2) is 10.2. The van der Waals surface area contributed by atoms with Crippen molar-refractivity contribution in [2.45, 2.75) is 54.2 Å². The molecule has 12 heteroatoms. The number of halogens is 3. The molecule has 0 radical (unpaired) electrons. The van der Waals surface area contributed by atoms with Crippen molar-refractivity contribution in [2.75, 3.05) is 12.0 Å². The second-order valence-corrected chi connectivity index (χ2v) is 12.4. The molecule has 5 rings (SSSR count). The number of allylic oxidation sites excluding steroid dienone is 2. The molecule has 4 amide bonds. The predicted molar refractivity (Wildman–Crippen MR) is 144 cm³/mol. The van der Waals surface area contributed by atoms with Crippen LogP contribution in [0.25, 0.3) is 0 Å². The monoisotopic (exact) mass is 640 g/mol. The molecule has 9 nitrogen and oxygen atoms in total. The zero-order valence-corrected chi connectivity index (χ0v) is 23.9. The molecule has 4 aliphatic rings. The molecule has 0 unspecified atom stereocenters. The van der Waals surface area contributed by atoms with Crippen LogP contribution in [0.1, 0.15) is 50.0 Å². The minimum Gasteiger partial charge on any atom is -0.508 e. The van der Waals surface area contributed by atoms with Crippen LogP contribution in [0.3, 0.4) is 0 Å². The van der Waals surface area contributed by atoms with Gasteiger partial charge in [-0.05, 0) is 49.3 Å². The van der Waals surface area contributed by atoms with Gasteiger partial charge in [-0.15, -0.1) is 23.2 Å². The Morgan fingerprint density at radius 2 is 1.67 bits per heavy atom. The molecular weight excluding hydrogens is 615 g/mol. The fourth-order valence-electron chi connectivity index (χ4n) is 6.80. The summed E-state index contributed by atoms with van der Waals surface area (Å²) in [6, 6.07) is 6.16. The molecule has 0 spiro atoms. The van der Waals surface area contributed by atoms with Crippen molar-refractivity contribution in [1.82, 2.24) is 9.80 Å². The number of fused-ring (bicyclic) bond motifs is 4. The number of alkyl halides is 3. The van der Waals surface area contributed by atoms with Gasteiger partial charge in [0.25, 0.3) is 11.8 Å². The third-order valence-electron chi connectivity index (χ3n) is 8.60. The Morgan fingerprint density at radius 1 is 0.974 bits per heavy atom. The van der Waals surface area contributed by atoms with Gasteiger partial charge in [0, 0.05) is 18.9 Å². The average Bonchev–Trinajstić information content (AvgIpc) is 3.22. The fraction of sp³-hybridized carbons (Fsp3) is 0.519. The summed E-state index contributed by atoms with van der Waals surface area (Å²) in [6.45, 7) is 0.188. The average molecular weight is 642 g/mol. The Bertz CT molecular complexity index is 1290. The minimum absolute atomic E-state index is 0.0102. The number of phenolic OH excluding ortho intramolecular Hbond substituents is 1. The number of carbonyl (C=O) groups excluding carboxylic acids is 4. The molecule has 2 saturated heterocycles. The van der Waals surface area contributed by atoms with E-state index in [4.69, 9.17) is 28.3 Å². The van der Waals surface area contributed by atoms with Crippen molar-refractivity contribution < 1.29 is 34.2 Å². The van der Waals surface area contributed by atoms with Crippen LogP contribution in [0.4, 0.5) is 0 Å².